The Kier molecular flexibility index (Phi) is 5.68. The molecule has 0 N–H and O–H groups in total. The van der Waals surface area contributed by atoms with Gasteiger partial charge in [0.15, 0.2) is 0 Å². The Balaban J connectivity index is 2.60. The van der Waals surface area contributed by atoms with Crippen molar-refractivity contribution in [1.29, 1.82) is 5.26 Å². The van der Waals surface area contributed by atoms with Crippen molar-refractivity contribution >= 4 is 10.0 Å². The van der Waals surface area contributed by atoms with Gasteiger partial charge in [0.25, 0.3) is 0 Å². The number of nitrogens with zero attached hydrogens (tertiary/aromatic N) is 3. The zero-order valence-corrected chi connectivity index (χ0v) is 14.8. The van der Waals surface area contributed by atoms with Crippen LogP contribution >= 0.6 is 0 Å². The molecule has 26 heavy (non-hydrogen) atoms. The van der Waals surface area contributed by atoms with Crippen molar-refractivity contribution in [3.63, 3.8) is 0 Å². The molecule has 0 aliphatic heterocycles. The molecule has 2 rings (SSSR count). The molecule has 0 radical (unpaired) electrons. The van der Waals surface area contributed by atoms with E-state index in [1.165, 1.54) is 31.2 Å². The van der Waals surface area contributed by atoms with Gasteiger partial charge in [-0.3, -0.25) is 4.98 Å². The third-order valence-corrected chi connectivity index (χ3v) is 5.66. The molecule has 5 nitrogen and oxygen atoms in total. The Bertz CT molecular complexity index is 920. The minimum Gasteiger partial charge on any atom is -0.262 e. The van der Waals surface area contributed by atoms with Crippen LogP contribution in [0.4, 0.5) is 13.2 Å². The minimum atomic E-state index is -4.82. The summed E-state index contributed by atoms with van der Waals surface area (Å²) in [5.74, 6) is 0. The molecule has 1 atom stereocenters. The molecule has 0 unspecified atom stereocenters. The third kappa shape index (κ3) is 4.03. The molecule has 0 saturated carbocycles. The van der Waals surface area contributed by atoms with Crippen LogP contribution in [-0.2, 0) is 10.0 Å². The first kappa shape index (κ1) is 19.9. The lowest BCUT2D eigenvalue weighted by Gasteiger charge is -2.31. The number of aromatic nitrogens is 1. The topological polar surface area (TPSA) is 74.1 Å². The van der Waals surface area contributed by atoms with Crippen LogP contribution < -0.4 is 0 Å². The van der Waals surface area contributed by atoms with Crippen LogP contribution in [0.15, 0.2) is 47.6 Å². The van der Waals surface area contributed by atoms with E-state index < -0.39 is 33.7 Å². The molecule has 0 fully saturated rings. The number of nitriles is 1. The number of sulfonamides is 1. The van der Waals surface area contributed by atoms with Crippen LogP contribution in [0.5, 0.6) is 0 Å². The summed E-state index contributed by atoms with van der Waals surface area (Å²) in [6, 6.07) is 5.89. The molecule has 1 aromatic heterocycles. The molecule has 0 aliphatic rings. The molecule has 0 amide bonds. The first-order valence-electron chi connectivity index (χ1n) is 7.61. The maximum absolute atomic E-state index is 13.8. The molecular formula is C17H16F3N3O2S. The highest BCUT2D eigenvalue weighted by Crippen LogP contribution is 2.40. The van der Waals surface area contributed by atoms with Gasteiger partial charge in [0.2, 0.25) is 10.0 Å². The molecule has 138 valence electrons. The van der Waals surface area contributed by atoms with Gasteiger partial charge in [0.1, 0.15) is 17.0 Å². The van der Waals surface area contributed by atoms with Crippen LogP contribution in [0.2, 0.25) is 0 Å². The quantitative estimate of drug-likeness (QED) is 0.791. The van der Waals surface area contributed by atoms with Gasteiger partial charge in [0.05, 0.1) is 5.56 Å². The summed E-state index contributed by atoms with van der Waals surface area (Å²) in [4.78, 5) is 3.18. The van der Waals surface area contributed by atoms with E-state index in [0.717, 1.165) is 24.0 Å². The predicted molar refractivity (Wildman–Crippen MR) is 88.5 cm³/mol. The van der Waals surface area contributed by atoms with Gasteiger partial charge in [-0.25, -0.2) is 8.42 Å². The normalized spacial score (nSPS) is 13.4. The van der Waals surface area contributed by atoms with Gasteiger partial charge < -0.3 is 0 Å². The standard InChI is InChI=1S/C17H16F3N3O2S/c1-3-23(26(24,25)15-8-13(9-21)10-22-11-15)16(17(18,19)20)14-6-4-12(2)5-7-14/h4-8,10-11,16H,3H2,1-2H3/t16-/m0/s1. The molecule has 0 bridgehead atoms. The van der Waals surface area contributed by atoms with Crippen LogP contribution in [-0.4, -0.2) is 30.4 Å². The Morgan fingerprint density at radius 1 is 1.23 bits per heavy atom. The zero-order chi connectivity index (χ0) is 19.5. The third-order valence-electron chi connectivity index (χ3n) is 3.75. The van der Waals surface area contributed by atoms with Crippen LogP contribution in [0.1, 0.15) is 29.7 Å². The van der Waals surface area contributed by atoms with Crippen LogP contribution in [0.25, 0.3) is 0 Å². The van der Waals surface area contributed by atoms with E-state index in [1.54, 1.807) is 13.0 Å². The Morgan fingerprint density at radius 3 is 2.35 bits per heavy atom. The van der Waals surface area contributed by atoms with E-state index in [-0.39, 0.29) is 11.1 Å². The van der Waals surface area contributed by atoms with Gasteiger partial charge >= 0.3 is 6.18 Å². The van der Waals surface area contributed by atoms with E-state index in [2.05, 4.69) is 4.98 Å². The fourth-order valence-electron chi connectivity index (χ4n) is 2.52. The van der Waals surface area contributed by atoms with Gasteiger partial charge in [0, 0.05) is 18.9 Å². The van der Waals surface area contributed by atoms with E-state index in [4.69, 9.17) is 5.26 Å². The zero-order valence-electron chi connectivity index (χ0n) is 14.0. The second-order valence-electron chi connectivity index (χ2n) is 5.58. The van der Waals surface area contributed by atoms with Gasteiger partial charge in [-0.2, -0.15) is 22.7 Å². The summed E-state index contributed by atoms with van der Waals surface area (Å²) in [6.07, 6.45) is -2.75. The molecule has 0 spiro atoms. The van der Waals surface area contributed by atoms with Crippen molar-refractivity contribution in [3.05, 3.63) is 59.4 Å². The molecular weight excluding hydrogens is 367 g/mol. The van der Waals surface area contributed by atoms with Crippen molar-refractivity contribution in [2.45, 2.75) is 31.0 Å². The van der Waals surface area contributed by atoms with Crippen molar-refractivity contribution < 1.29 is 21.6 Å². The predicted octanol–water partition coefficient (Wildman–Crippen LogP) is 3.58. The molecule has 1 heterocycles. The van der Waals surface area contributed by atoms with Crippen LogP contribution in [0.3, 0.4) is 0 Å². The number of pyridine rings is 1. The number of rotatable bonds is 5. The molecule has 0 aliphatic carbocycles. The molecule has 2 aromatic rings. The highest BCUT2D eigenvalue weighted by molar-refractivity contribution is 7.89. The largest absolute Gasteiger partial charge is 0.409 e. The highest BCUT2D eigenvalue weighted by Gasteiger charge is 2.48. The fourth-order valence-corrected chi connectivity index (χ4v) is 4.11. The van der Waals surface area contributed by atoms with Gasteiger partial charge in [-0.1, -0.05) is 36.8 Å². The lowest BCUT2D eigenvalue weighted by Crippen LogP contribution is -2.42. The average Bonchev–Trinajstić information content (AvgIpc) is 2.59. The maximum Gasteiger partial charge on any atom is 0.409 e. The Morgan fingerprint density at radius 2 is 1.85 bits per heavy atom. The SMILES string of the molecule is CCN([C@@H](c1ccc(C)cc1)C(F)(F)F)S(=O)(=O)c1cncc(C#N)c1. The summed E-state index contributed by atoms with van der Waals surface area (Å²) in [5, 5.41) is 8.89. The van der Waals surface area contributed by atoms with Crippen molar-refractivity contribution in [2.24, 2.45) is 0 Å². The number of halogens is 3. The first-order chi connectivity index (χ1) is 12.1. The first-order valence-corrected chi connectivity index (χ1v) is 9.05. The second-order valence-corrected chi connectivity index (χ2v) is 7.47. The Labute approximate surface area is 149 Å². The van der Waals surface area contributed by atoms with Gasteiger partial charge in [-0.05, 0) is 18.6 Å². The number of aryl methyl sites for hydroxylation is 1. The Hall–Kier alpha value is -2.44. The van der Waals surface area contributed by atoms with Crippen molar-refractivity contribution in [2.75, 3.05) is 6.54 Å². The van der Waals surface area contributed by atoms with E-state index >= 15 is 0 Å². The number of benzene rings is 1. The van der Waals surface area contributed by atoms with Crippen LogP contribution in [0, 0.1) is 18.3 Å². The van der Waals surface area contributed by atoms with E-state index in [1.807, 2.05) is 0 Å². The summed E-state index contributed by atoms with van der Waals surface area (Å²) >= 11 is 0. The summed E-state index contributed by atoms with van der Waals surface area (Å²) in [5.41, 5.74) is 0.519. The van der Waals surface area contributed by atoms with E-state index in [0.29, 0.717) is 4.31 Å². The summed E-state index contributed by atoms with van der Waals surface area (Å²) < 4.78 is 67.3. The smallest absolute Gasteiger partial charge is 0.262 e. The van der Waals surface area contributed by atoms with Gasteiger partial charge in [-0.15, -0.1) is 0 Å². The minimum absolute atomic E-state index is 0.0546. The lowest BCUT2D eigenvalue weighted by molar-refractivity contribution is -0.173. The van der Waals surface area contributed by atoms with Crippen molar-refractivity contribution in [3.8, 4) is 6.07 Å². The monoisotopic (exact) mass is 383 g/mol. The molecule has 0 saturated heterocycles. The number of hydrogen-bond donors (Lipinski definition) is 0. The fraction of sp³-hybridized carbons (Fsp3) is 0.294. The molecule has 1 aromatic carbocycles. The highest BCUT2D eigenvalue weighted by atomic mass is 32.2. The number of hydrogen-bond acceptors (Lipinski definition) is 4. The average molecular weight is 383 g/mol. The summed E-state index contributed by atoms with van der Waals surface area (Å²) in [6.45, 7) is 2.64. The second kappa shape index (κ2) is 7.43. The molecule has 9 heteroatoms. The lowest BCUT2D eigenvalue weighted by atomic mass is 10.0. The number of alkyl halides is 3. The van der Waals surface area contributed by atoms with Crippen molar-refractivity contribution in [1.82, 2.24) is 9.29 Å². The summed E-state index contributed by atoms with van der Waals surface area (Å²) in [7, 11) is -4.52. The maximum atomic E-state index is 13.8. The van der Waals surface area contributed by atoms with E-state index in [9.17, 15) is 21.6 Å².